The van der Waals surface area contributed by atoms with Crippen molar-refractivity contribution in [3.63, 3.8) is 0 Å². The van der Waals surface area contributed by atoms with Crippen LogP contribution in [0.5, 0.6) is 11.5 Å². The topological polar surface area (TPSA) is 60.7 Å². The van der Waals surface area contributed by atoms with E-state index >= 15 is 0 Å². The fourth-order valence-electron chi connectivity index (χ4n) is 2.97. The van der Waals surface area contributed by atoms with Gasteiger partial charge in [0.25, 0.3) is 0 Å². The van der Waals surface area contributed by atoms with E-state index in [0.717, 1.165) is 16.6 Å². The van der Waals surface area contributed by atoms with Crippen LogP contribution >= 0.6 is 0 Å². The SMILES string of the molecule is Cc1ccc(NCc2cc(=O)oc3cc4c(cc23)OCO4)c(C)c1. The van der Waals surface area contributed by atoms with E-state index in [9.17, 15) is 4.79 Å². The zero-order chi connectivity index (χ0) is 16.7. The predicted octanol–water partition coefficient (Wildman–Crippen LogP) is 3.75. The van der Waals surface area contributed by atoms with E-state index in [1.807, 2.05) is 12.1 Å². The molecule has 2 aromatic carbocycles. The summed E-state index contributed by atoms with van der Waals surface area (Å²) in [5.74, 6) is 1.27. The van der Waals surface area contributed by atoms with Gasteiger partial charge in [0.15, 0.2) is 11.5 Å². The Kier molecular flexibility index (Phi) is 3.41. The van der Waals surface area contributed by atoms with Gasteiger partial charge in [0.1, 0.15) is 5.58 Å². The van der Waals surface area contributed by atoms with Gasteiger partial charge in [-0.2, -0.15) is 0 Å². The van der Waals surface area contributed by atoms with Gasteiger partial charge in [-0.05, 0) is 37.1 Å². The molecule has 0 radical (unpaired) electrons. The highest BCUT2D eigenvalue weighted by atomic mass is 16.7. The average Bonchev–Trinajstić information content (AvgIpc) is 2.99. The summed E-state index contributed by atoms with van der Waals surface area (Å²) in [4.78, 5) is 11.9. The lowest BCUT2D eigenvalue weighted by Gasteiger charge is -2.12. The molecule has 0 unspecified atom stereocenters. The van der Waals surface area contributed by atoms with Crippen LogP contribution in [0.2, 0.25) is 0 Å². The molecular weight excluding hydrogens is 306 g/mol. The zero-order valence-corrected chi connectivity index (χ0v) is 13.5. The summed E-state index contributed by atoms with van der Waals surface area (Å²) in [6, 6.07) is 11.3. The monoisotopic (exact) mass is 323 g/mol. The first-order chi connectivity index (χ1) is 11.6. The van der Waals surface area contributed by atoms with E-state index in [2.05, 4.69) is 31.3 Å². The first-order valence-electron chi connectivity index (χ1n) is 7.78. The van der Waals surface area contributed by atoms with E-state index in [1.54, 1.807) is 6.07 Å². The summed E-state index contributed by atoms with van der Waals surface area (Å²) < 4.78 is 16.1. The third-order valence-corrected chi connectivity index (χ3v) is 4.17. The first-order valence-corrected chi connectivity index (χ1v) is 7.78. The molecule has 0 saturated carbocycles. The van der Waals surface area contributed by atoms with Crippen LogP contribution in [0.3, 0.4) is 0 Å². The second kappa shape index (κ2) is 5.60. The van der Waals surface area contributed by atoms with Gasteiger partial charge in [0.2, 0.25) is 6.79 Å². The molecule has 24 heavy (non-hydrogen) atoms. The fraction of sp³-hybridized carbons (Fsp3) is 0.211. The number of rotatable bonds is 3. The van der Waals surface area contributed by atoms with Crippen molar-refractivity contribution in [1.29, 1.82) is 0 Å². The first kappa shape index (κ1) is 14.6. The number of fused-ring (bicyclic) bond motifs is 2. The summed E-state index contributed by atoms with van der Waals surface area (Å²) in [6.45, 7) is 4.83. The lowest BCUT2D eigenvalue weighted by atomic mass is 10.1. The zero-order valence-electron chi connectivity index (χ0n) is 13.5. The van der Waals surface area contributed by atoms with E-state index < -0.39 is 0 Å². The molecule has 4 rings (SSSR count). The largest absolute Gasteiger partial charge is 0.454 e. The van der Waals surface area contributed by atoms with Gasteiger partial charge in [-0.25, -0.2) is 4.79 Å². The van der Waals surface area contributed by atoms with E-state index in [0.29, 0.717) is 23.6 Å². The van der Waals surface area contributed by atoms with Crippen molar-refractivity contribution in [2.24, 2.45) is 0 Å². The number of hydrogen-bond donors (Lipinski definition) is 1. The second-order valence-electron chi connectivity index (χ2n) is 5.96. The minimum absolute atomic E-state index is 0.187. The van der Waals surface area contributed by atoms with Crippen molar-refractivity contribution in [3.8, 4) is 11.5 Å². The lowest BCUT2D eigenvalue weighted by Crippen LogP contribution is -2.06. The van der Waals surface area contributed by atoms with Gasteiger partial charge in [-0.1, -0.05) is 17.7 Å². The van der Waals surface area contributed by atoms with Crippen LogP contribution in [0.4, 0.5) is 5.69 Å². The van der Waals surface area contributed by atoms with Crippen molar-refractivity contribution in [2.45, 2.75) is 20.4 Å². The van der Waals surface area contributed by atoms with Crippen molar-refractivity contribution in [2.75, 3.05) is 12.1 Å². The Morgan fingerprint density at radius 2 is 1.83 bits per heavy atom. The van der Waals surface area contributed by atoms with Crippen molar-refractivity contribution < 1.29 is 13.9 Å². The predicted molar refractivity (Wildman–Crippen MR) is 91.8 cm³/mol. The Balaban J connectivity index is 1.72. The van der Waals surface area contributed by atoms with Crippen molar-refractivity contribution in [3.05, 3.63) is 63.5 Å². The van der Waals surface area contributed by atoms with Crippen LogP contribution < -0.4 is 20.4 Å². The highest BCUT2D eigenvalue weighted by Gasteiger charge is 2.17. The molecule has 1 aliphatic rings. The molecule has 0 spiro atoms. The van der Waals surface area contributed by atoms with E-state index in [1.165, 1.54) is 17.2 Å². The number of benzene rings is 2. The normalized spacial score (nSPS) is 12.6. The maximum absolute atomic E-state index is 11.9. The van der Waals surface area contributed by atoms with E-state index in [-0.39, 0.29) is 12.4 Å². The number of ether oxygens (including phenoxy) is 2. The Labute approximate surface area is 138 Å². The van der Waals surface area contributed by atoms with Gasteiger partial charge in [0.05, 0.1) is 0 Å². The van der Waals surface area contributed by atoms with E-state index in [4.69, 9.17) is 13.9 Å². The van der Waals surface area contributed by atoms with Gasteiger partial charge < -0.3 is 19.2 Å². The highest BCUT2D eigenvalue weighted by molar-refractivity contribution is 5.84. The van der Waals surface area contributed by atoms with Gasteiger partial charge in [0, 0.05) is 29.8 Å². The summed E-state index contributed by atoms with van der Waals surface area (Å²) in [5.41, 5.74) is 4.42. The summed E-state index contributed by atoms with van der Waals surface area (Å²) >= 11 is 0. The summed E-state index contributed by atoms with van der Waals surface area (Å²) in [7, 11) is 0. The molecule has 0 amide bonds. The molecule has 0 saturated heterocycles. The molecule has 0 aliphatic carbocycles. The lowest BCUT2D eigenvalue weighted by molar-refractivity contribution is 0.174. The molecule has 1 N–H and O–H groups in total. The maximum atomic E-state index is 11.9. The molecule has 5 nitrogen and oxygen atoms in total. The van der Waals surface area contributed by atoms with Crippen molar-refractivity contribution >= 4 is 16.7 Å². The molecule has 0 fully saturated rings. The second-order valence-corrected chi connectivity index (χ2v) is 5.96. The number of anilines is 1. The molecule has 122 valence electrons. The summed E-state index contributed by atoms with van der Waals surface area (Å²) in [5, 5.41) is 4.23. The average molecular weight is 323 g/mol. The molecule has 5 heteroatoms. The summed E-state index contributed by atoms with van der Waals surface area (Å²) in [6.07, 6.45) is 0. The van der Waals surface area contributed by atoms with Crippen molar-refractivity contribution in [1.82, 2.24) is 0 Å². The van der Waals surface area contributed by atoms with Crippen LogP contribution in [0.15, 0.2) is 45.6 Å². The molecule has 0 bridgehead atoms. The van der Waals surface area contributed by atoms with Gasteiger partial charge in [-0.15, -0.1) is 0 Å². The molecule has 0 atom stereocenters. The molecule has 3 aromatic rings. The third kappa shape index (κ3) is 2.58. The molecule has 2 heterocycles. The third-order valence-electron chi connectivity index (χ3n) is 4.17. The Morgan fingerprint density at radius 3 is 2.62 bits per heavy atom. The standard InChI is InChI=1S/C19H17NO4/c1-11-3-4-15(12(2)5-11)20-9-13-6-19(21)24-16-8-18-17(7-14(13)16)22-10-23-18/h3-8,20H,9-10H2,1-2H3. The molecule has 1 aromatic heterocycles. The smallest absolute Gasteiger partial charge is 0.336 e. The van der Waals surface area contributed by atoms with Gasteiger partial charge in [-0.3, -0.25) is 0 Å². The number of nitrogens with one attached hydrogen (secondary N) is 1. The van der Waals surface area contributed by atoms with Crippen LogP contribution in [-0.4, -0.2) is 6.79 Å². The fourth-order valence-corrected chi connectivity index (χ4v) is 2.97. The number of aryl methyl sites for hydroxylation is 2. The Bertz CT molecular complexity index is 991. The Hall–Kier alpha value is -2.95. The minimum Gasteiger partial charge on any atom is -0.454 e. The Morgan fingerprint density at radius 1 is 1.04 bits per heavy atom. The van der Waals surface area contributed by atoms with Gasteiger partial charge >= 0.3 is 5.63 Å². The molecular formula is C19H17NO4. The van der Waals surface area contributed by atoms with Crippen LogP contribution in [0, 0.1) is 13.8 Å². The maximum Gasteiger partial charge on any atom is 0.336 e. The van der Waals surface area contributed by atoms with Crippen LogP contribution in [0.25, 0.3) is 11.0 Å². The van der Waals surface area contributed by atoms with Crippen LogP contribution in [0.1, 0.15) is 16.7 Å². The highest BCUT2D eigenvalue weighted by Crippen LogP contribution is 2.36. The quantitative estimate of drug-likeness (QED) is 0.744. The molecule has 1 aliphatic heterocycles. The van der Waals surface area contributed by atoms with Crippen LogP contribution in [-0.2, 0) is 6.54 Å². The minimum atomic E-state index is -0.376. The number of hydrogen-bond acceptors (Lipinski definition) is 5.